The molecule has 0 spiro atoms. The summed E-state index contributed by atoms with van der Waals surface area (Å²) in [4.78, 5) is 23.7. The Balaban J connectivity index is 2.00. The third kappa shape index (κ3) is 3.43. The molecule has 0 aliphatic carbocycles. The smallest absolute Gasteiger partial charge is 0.322 e. The van der Waals surface area contributed by atoms with Crippen LogP contribution in [0.5, 0.6) is 0 Å². The van der Waals surface area contributed by atoms with Crippen molar-refractivity contribution >= 4 is 17.4 Å². The molecule has 2 amide bonds. The number of aliphatic hydroxyl groups excluding tert-OH is 1. The molecule has 1 saturated heterocycles. The second-order valence-electron chi connectivity index (χ2n) is 4.36. The minimum Gasteiger partial charge on any atom is -0.394 e. The number of rotatable bonds is 3. The first-order chi connectivity index (χ1) is 9.60. The molecular weight excluding hydrogens is 266 g/mol. The van der Waals surface area contributed by atoms with Gasteiger partial charge in [-0.2, -0.15) is 0 Å². The largest absolute Gasteiger partial charge is 0.394 e. The molecular formula is C12H15N3O5. The third-order valence-corrected chi connectivity index (χ3v) is 2.94. The second kappa shape index (κ2) is 6.31. The molecule has 1 aromatic carbocycles. The fourth-order valence-electron chi connectivity index (χ4n) is 1.91. The number of nitrogens with one attached hydrogen (secondary N) is 1. The van der Waals surface area contributed by atoms with Gasteiger partial charge in [0.1, 0.15) is 0 Å². The lowest BCUT2D eigenvalue weighted by molar-refractivity contribution is -0.384. The number of benzene rings is 1. The van der Waals surface area contributed by atoms with E-state index in [1.807, 2.05) is 0 Å². The lowest BCUT2D eigenvalue weighted by Gasteiger charge is -2.31. The molecule has 1 aliphatic heterocycles. The van der Waals surface area contributed by atoms with Gasteiger partial charge in [-0.3, -0.25) is 10.1 Å². The molecule has 20 heavy (non-hydrogen) atoms. The molecule has 0 radical (unpaired) electrons. The highest BCUT2D eigenvalue weighted by atomic mass is 16.6. The first-order valence-electron chi connectivity index (χ1n) is 6.13. The highest BCUT2D eigenvalue weighted by Gasteiger charge is 2.23. The minimum absolute atomic E-state index is 0.0852. The summed E-state index contributed by atoms with van der Waals surface area (Å²) < 4.78 is 5.25. The number of morpholine rings is 1. The number of amides is 2. The molecule has 1 aliphatic rings. The second-order valence-corrected chi connectivity index (χ2v) is 4.36. The maximum absolute atomic E-state index is 12.0. The molecule has 1 atom stereocenters. The molecule has 1 unspecified atom stereocenters. The van der Waals surface area contributed by atoms with Gasteiger partial charge in [0.25, 0.3) is 5.69 Å². The highest BCUT2D eigenvalue weighted by Crippen LogP contribution is 2.17. The Kier molecular flexibility index (Phi) is 4.49. The lowest BCUT2D eigenvalue weighted by Crippen LogP contribution is -2.48. The summed E-state index contributed by atoms with van der Waals surface area (Å²) in [5.74, 6) is 0. The number of aliphatic hydroxyl groups is 1. The Morgan fingerprint density at radius 2 is 2.40 bits per heavy atom. The van der Waals surface area contributed by atoms with Crippen LogP contribution in [0.4, 0.5) is 16.2 Å². The van der Waals surface area contributed by atoms with Crippen LogP contribution in [0.2, 0.25) is 0 Å². The number of non-ortho nitro benzene ring substituents is 1. The summed E-state index contributed by atoms with van der Waals surface area (Å²) in [7, 11) is 0. The van der Waals surface area contributed by atoms with Crippen LogP contribution in [-0.2, 0) is 4.74 Å². The molecule has 0 saturated carbocycles. The summed E-state index contributed by atoms with van der Waals surface area (Å²) >= 11 is 0. The predicted octanol–water partition coefficient (Wildman–Crippen LogP) is 0.820. The number of ether oxygens (including phenoxy) is 1. The van der Waals surface area contributed by atoms with Crippen molar-refractivity contribution in [3.63, 3.8) is 0 Å². The molecule has 0 bridgehead atoms. The van der Waals surface area contributed by atoms with E-state index in [9.17, 15) is 14.9 Å². The third-order valence-electron chi connectivity index (χ3n) is 2.94. The summed E-state index contributed by atoms with van der Waals surface area (Å²) in [6, 6.07) is 5.36. The van der Waals surface area contributed by atoms with E-state index >= 15 is 0 Å². The van der Waals surface area contributed by atoms with E-state index in [4.69, 9.17) is 9.84 Å². The van der Waals surface area contributed by atoms with Crippen LogP contribution in [0.15, 0.2) is 24.3 Å². The molecule has 8 nitrogen and oxygen atoms in total. The number of carbonyl (C=O) groups is 1. The van der Waals surface area contributed by atoms with Gasteiger partial charge >= 0.3 is 6.03 Å². The summed E-state index contributed by atoms with van der Waals surface area (Å²) in [6.07, 6.45) is -0.389. The van der Waals surface area contributed by atoms with E-state index < -0.39 is 4.92 Å². The number of hydrogen-bond donors (Lipinski definition) is 2. The van der Waals surface area contributed by atoms with E-state index in [0.29, 0.717) is 18.8 Å². The Labute approximate surface area is 115 Å². The Morgan fingerprint density at radius 3 is 3.10 bits per heavy atom. The molecule has 1 heterocycles. The van der Waals surface area contributed by atoms with Gasteiger partial charge < -0.3 is 20.1 Å². The minimum atomic E-state index is -0.522. The van der Waals surface area contributed by atoms with Gasteiger partial charge in [-0.05, 0) is 6.07 Å². The standard InChI is InChI=1S/C12H15N3O5/c16-8-11-7-14(4-5-20-11)12(17)13-9-2-1-3-10(6-9)15(18)19/h1-3,6,11,16H,4-5,7-8H2,(H,13,17). The number of carbonyl (C=O) groups excluding carboxylic acids is 1. The van der Waals surface area contributed by atoms with Crippen molar-refractivity contribution < 1.29 is 19.6 Å². The van der Waals surface area contributed by atoms with E-state index in [1.165, 1.54) is 23.1 Å². The maximum atomic E-state index is 12.0. The number of nitrogens with zero attached hydrogens (tertiary/aromatic N) is 2. The normalized spacial score (nSPS) is 18.6. The molecule has 2 rings (SSSR count). The van der Waals surface area contributed by atoms with E-state index in [1.54, 1.807) is 6.07 Å². The van der Waals surface area contributed by atoms with Crippen molar-refractivity contribution in [3.05, 3.63) is 34.4 Å². The summed E-state index contributed by atoms with van der Waals surface area (Å²) in [5.41, 5.74) is 0.272. The summed E-state index contributed by atoms with van der Waals surface area (Å²) in [5, 5.41) is 22.3. The van der Waals surface area contributed by atoms with Gasteiger partial charge in [0.15, 0.2) is 0 Å². The number of hydrogen-bond acceptors (Lipinski definition) is 5. The number of nitro groups is 1. The van der Waals surface area contributed by atoms with Crippen LogP contribution < -0.4 is 5.32 Å². The van der Waals surface area contributed by atoms with Gasteiger partial charge in [0.2, 0.25) is 0 Å². The van der Waals surface area contributed by atoms with Crippen molar-refractivity contribution in [2.45, 2.75) is 6.10 Å². The fraction of sp³-hybridized carbons (Fsp3) is 0.417. The predicted molar refractivity (Wildman–Crippen MR) is 70.5 cm³/mol. The zero-order chi connectivity index (χ0) is 14.5. The SMILES string of the molecule is O=C(Nc1cccc([N+](=O)[O-])c1)N1CCOC(CO)C1. The van der Waals surface area contributed by atoms with Crippen molar-refractivity contribution in [3.8, 4) is 0 Å². The van der Waals surface area contributed by atoms with E-state index in [2.05, 4.69) is 5.32 Å². The molecule has 1 fully saturated rings. The van der Waals surface area contributed by atoms with Crippen molar-refractivity contribution in [1.82, 2.24) is 4.90 Å². The Hall–Kier alpha value is -2.19. The zero-order valence-corrected chi connectivity index (χ0v) is 10.7. The number of urea groups is 1. The van der Waals surface area contributed by atoms with Crippen LogP contribution in [0.1, 0.15) is 0 Å². The van der Waals surface area contributed by atoms with Gasteiger partial charge in [0.05, 0.1) is 30.8 Å². The summed E-state index contributed by atoms with van der Waals surface area (Å²) in [6.45, 7) is 0.905. The van der Waals surface area contributed by atoms with Gasteiger partial charge in [-0.25, -0.2) is 4.79 Å². The Morgan fingerprint density at radius 1 is 1.60 bits per heavy atom. The topological polar surface area (TPSA) is 105 Å². The fourth-order valence-corrected chi connectivity index (χ4v) is 1.91. The number of nitro benzene ring substituents is 1. The first-order valence-corrected chi connectivity index (χ1v) is 6.13. The highest BCUT2D eigenvalue weighted by molar-refractivity contribution is 5.89. The average Bonchev–Trinajstić information content (AvgIpc) is 2.47. The molecule has 0 aromatic heterocycles. The van der Waals surface area contributed by atoms with E-state index in [-0.39, 0.29) is 31.0 Å². The molecule has 8 heteroatoms. The van der Waals surface area contributed by atoms with Crippen LogP contribution in [0.25, 0.3) is 0 Å². The van der Waals surface area contributed by atoms with E-state index in [0.717, 1.165) is 0 Å². The van der Waals surface area contributed by atoms with Crippen LogP contribution >= 0.6 is 0 Å². The number of anilines is 1. The quantitative estimate of drug-likeness (QED) is 0.630. The van der Waals surface area contributed by atoms with Crippen LogP contribution in [-0.4, -0.2) is 53.4 Å². The van der Waals surface area contributed by atoms with Crippen molar-refractivity contribution in [2.75, 3.05) is 31.6 Å². The zero-order valence-electron chi connectivity index (χ0n) is 10.7. The monoisotopic (exact) mass is 281 g/mol. The average molecular weight is 281 g/mol. The Bertz CT molecular complexity index is 508. The van der Waals surface area contributed by atoms with Gasteiger partial charge in [0, 0.05) is 24.4 Å². The van der Waals surface area contributed by atoms with Crippen molar-refractivity contribution in [1.29, 1.82) is 0 Å². The lowest BCUT2D eigenvalue weighted by atomic mass is 10.2. The van der Waals surface area contributed by atoms with Crippen LogP contribution in [0.3, 0.4) is 0 Å². The molecule has 108 valence electrons. The van der Waals surface area contributed by atoms with Crippen molar-refractivity contribution in [2.24, 2.45) is 0 Å². The maximum Gasteiger partial charge on any atom is 0.322 e. The molecule has 1 aromatic rings. The van der Waals surface area contributed by atoms with Gasteiger partial charge in [-0.15, -0.1) is 0 Å². The van der Waals surface area contributed by atoms with Gasteiger partial charge in [-0.1, -0.05) is 6.07 Å². The van der Waals surface area contributed by atoms with Crippen LogP contribution in [0, 0.1) is 10.1 Å². The molecule has 2 N–H and O–H groups in total. The first kappa shape index (κ1) is 14.2.